The number of nitrogens with one attached hydrogen (secondary N) is 1. The molecule has 0 spiro atoms. The van der Waals surface area contributed by atoms with Crippen LogP contribution in [0, 0.1) is 6.92 Å². The second-order valence-electron chi connectivity index (χ2n) is 4.75. The van der Waals surface area contributed by atoms with Gasteiger partial charge in [-0.15, -0.1) is 0 Å². The van der Waals surface area contributed by atoms with Gasteiger partial charge in [-0.3, -0.25) is 4.68 Å². The summed E-state index contributed by atoms with van der Waals surface area (Å²) in [5, 5.41) is 4.08. The molecule has 5 nitrogen and oxygen atoms in total. The van der Waals surface area contributed by atoms with Crippen molar-refractivity contribution in [3.8, 4) is 0 Å². The van der Waals surface area contributed by atoms with Crippen molar-refractivity contribution in [3.63, 3.8) is 0 Å². The van der Waals surface area contributed by atoms with E-state index < -0.39 is 10.0 Å². The fraction of sp³-hybridized carbons (Fsp3) is 0.357. The van der Waals surface area contributed by atoms with Crippen molar-refractivity contribution in [2.24, 2.45) is 7.05 Å². The zero-order valence-corrected chi connectivity index (χ0v) is 12.7. The van der Waals surface area contributed by atoms with Crippen LogP contribution in [-0.4, -0.2) is 18.2 Å². The maximum atomic E-state index is 12.4. The van der Waals surface area contributed by atoms with E-state index in [1.165, 1.54) is 10.9 Å². The lowest BCUT2D eigenvalue weighted by Gasteiger charge is -2.17. The molecule has 1 aromatic heterocycles. The van der Waals surface area contributed by atoms with E-state index >= 15 is 0 Å². The molecule has 0 aliphatic rings. The second kappa shape index (κ2) is 5.76. The number of hydrogen-bond donors (Lipinski definition) is 1. The maximum Gasteiger partial charge on any atom is 0.244 e. The largest absolute Gasteiger partial charge is 0.274 e. The summed E-state index contributed by atoms with van der Waals surface area (Å²) < 4.78 is 29.1. The van der Waals surface area contributed by atoms with Crippen LogP contribution in [0.25, 0.3) is 0 Å². The number of rotatable bonds is 5. The Bertz CT molecular complexity index is 678. The predicted octanol–water partition coefficient (Wildman–Crippen LogP) is 2.16. The van der Waals surface area contributed by atoms with Crippen molar-refractivity contribution in [3.05, 3.63) is 47.8 Å². The van der Waals surface area contributed by atoms with Crippen LogP contribution in [0.4, 0.5) is 0 Å². The third-order valence-corrected chi connectivity index (χ3v) is 4.74. The minimum atomic E-state index is -3.56. The zero-order chi connectivity index (χ0) is 14.8. The Labute approximate surface area is 119 Å². The van der Waals surface area contributed by atoms with Gasteiger partial charge in [0.15, 0.2) is 0 Å². The molecule has 1 aromatic carbocycles. The molecule has 0 amide bonds. The van der Waals surface area contributed by atoms with Gasteiger partial charge in [0.25, 0.3) is 0 Å². The highest BCUT2D eigenvalue weighted by Crippen LogP contribution is 2.21. The third kappa shape index (κ3) is 3.08. The van der Waals surface area contributed by atoms with E-state index in [1.807, 2.05) is 37.3 Å². The van der Waals surface area contributed by atoms with Gasteiger partial charge in [0.2, 0.25) is 10.0 Å². The molecule has 2 aromatic rings. The van der Waals surface area contributed by atoms with Crippen LogP contribution in [0.15, 0.2) is 41.4 Å². The van der Waals surface area contributed by atoms with E-state index in [9.17, 15) is 8.42 Å². The molecular weight excluding hydrogens is 274 g/mol. The summed E-state index contributed by atoms with van der Waals surface area (Å²) in [4.78, 5) is 0.231. The number of benzene rings is 1. The number of aryl methyl sites for hydroxylation is 2. The van der Waals surface area contributed by atoms with Gasteiger partial charge < -0.3 is 0 Å². The van der Waals surface area contributed by atoms with Crippen molar-refractivity contribution in [2.75, 3.05) is 0 Å². The lowest BCUT2D eigenvalue weighted by Crippen LogP contribution is -2.28. The number of nitrogens with zero attached hydrogens (tertiary/aromatic N) is 2. The molecular formula is C14H19N3O2S. The monoisotopic (exact) mass is 293 g/mol. The van der Waals surface area contributed by atoms with Gasteiger partial charge in [0.1, 0.15) is 4.90 Å². The summed E-state index contributed by atoms with van der Waals surface area (Å²) in [6.45, 7) is 3.65. The van der Waals surface area contributed by atoms with E-state index in [0.29, 0.717) is 12.1 Å². The minimum absolute atomic E-state index is 0.231. The van der Waals surface area contributed by atoms with Crippen molar-refractivity contribution >= 4 is 10.0 Å². The molecule has 0 bridgehead atoms. The quantitative estimate of drug-likeness (QED) is 0.918. The molecule has 2 rings (SSSR count). The highest BCUT2D eigenvalue weighted by atomic mass is 32.2. The van der Waals surface area contributed by atoms with Crippen LogP contribution >= 0.6 is 0 Å². The lowest BCUT2D eigenvalue weighted by atomic mass is 10.1. The summed E-state index contributed by atoms with van der Waals surface area (Å²) in [5.41, 5.74) is 1.46. The van der Waals surface area contributed by atoms with Crippen LogP contribution in [-0.2, 0) is 17.1 Å². The minimum Gasteiger partial charge on any atom is -0.274 e. The molecule has 0 saturated heterocycles. The van der Waals surface area contributed by atoms with Gasteiger partial charge in [-0.2, -0.15) is 5.10 Å². The first-order chi connectivity index (χ1) is 9.44. The first kappa shape index (κ1) is 14.7. The molecule has 108 valence electrons. The molecule has 0 aliphatic carbocycles. The van der Waals surface area contributed by atoms with E-state index in [0.717, 1.165) is 5.56 Å². The van der Waals surface area contributed by atoms with Crippen LogP contribution < -0.4 is 4.72 Å². The van der Waals surface area contributed by atoms with Gasteiger partial charge in [0, 0.05) is 19.3 Å². The number of hydrogen-bond acceptors (Lipinski definition) is 3. The van der Waals surface area contributed by atoms with Gasteiger partial charge in [0.05, 0.1) is 5.69 Å². The fourth-order valence-electron chi connectivity index (χ4n) is 2.16. The van der Waals surface area contributed by atoms with E-state index in [2.05, 4.69) is 9.82 Å². The first-order valence-electron chi connectivity index (χ1n) is 6.51. The summed E-state index contributed by atoms with van der Waals surface area (Å²) in [5.74, 6) is 0. The van der Waals surface area contributed by atoms with Gasteiger partial charge >= 0.3 is 0 Å². The Hall–Kier alpha value is -1.66. The van der Waals surface area contributed by atoms with Crippen LogP contribution in [0.5, 0.6) is 0 Å². The molecule has 1 N–H and O–H groups in total. The maximum absolute atomic E-state index is 12.4. The third-order valence-electron chi connectivity index (χ3n) is 3.17. The van der Waals surface area contributed by atoms with E-state index in [-0.39, 0.29) is 10.9 Å². The van der Waals surface area contributed by atoms with Gasteiger partial charge in [-0.05, 0) is 18.9 Å². The normalized spacial score (nSPS) is 13.3. The van der Waals surface area contributed by atoms with Crippen molar-refractivity contribution in [1.29, 1.82) is 0 Å². The SMILES string of the molecule is CCC(NS(=O)(=O)c1cn(C)nc1C)c1ccccc1. The van der Waals surface area contributed by atoms with Crippen molar-refractivity contribution < 1.29 is 8.42 Å². The molecule has 0 aliphatic heterocycles. The van der Waals surface area contributed by atoms with E-state index in [1.54, 1.807) is 14.0 Å². The summed E-state index contributed by atoms with van der Waals surface area (Å²) in [6, 6.07) is 9.33. The Balaban J connectivity index is 2.29. The standard InChI is InChI=1S/C14H19N3O2S/c1-4-13(12-8-6-5-7-9-12)16-20(18,19)14-10-17(3)15-11(14)2/h5-10,13,16H,4H2,1-3H3. The second-order valence-corrected chi connectivity index (χ2v) is 6.43. The summed E-state index contributed by atoms with van der Waals surface area (Å²) >= 11 is 0. The molecule has 0 saturated carbocycles. The molecule has 6 heteroatoms. The van der Waals surface area contributed by atoms with Crippen LogP contribution in [0.3, 0.4) is 0 Å². The molecule has 1 atom stereocenters. The molecule has 0 fully saturated rings. The zero-order valence-electron chi connectivity index (χ0n) is 11.9. The average Bonchev–Trinajstić information content (AvgIpc) is 2.77. The lowest BCUT2D eigenvalue weighted by molar-refractivity contribution is 0.549. The smallest absolute Gasteiger partial charge is 0.244 e. The molecule has 0 radical (unpaired) electrons. The van der Waals surface area contributed by atoms with Crippen LogP contribution in [0.2, 0.25) is 0 Å². The predicted molar refractivity (Wildman–Crippen MR) is 77.7 cm³/mol. The van der Waals surface area contributed by atoms with Gasteiger partial charge in [-0.25, -0.2) is 13.1 Å². The van der Waals surface area contributed by atoms with Gasteiger partial charge in [-0.1, -0.05) is 37.3 Å². The average molecular weight is 293 g/mol. The number of aromatic nitrogens is 2. The van der Waals surface area contributed by atoms with Crippen molar-refractivity contribution in [1.82, 2.24) is 14.5 Å². The summed E-state index contributed by atoms with van der Waals surface area (Å²) in [7, 11) is -1.85. The Kier molecular flexibility index (Phi) is 4.25. The highest BCUT2D eigenvalue weighted by Gasteiger charge is 2.23. The Morgan fingerprint density at radius 1 is 1.30 bits per heavy atom. The molecule has 1 heterocycles. The fourth-order valence-corrected chi connectivity index (χ4v) is 3.69. The Morgan fingerprint density at radius 2 is 1.95 bits per heavy atom. The van der Waals surface area contributed by atoms with Crippen LogP contribution in [0.1, 0.15) is 30.6 Å². The highest BCUT2D eigenvalue weighted by molar-refractivity contribution is 7.89. The first-order valence-corrected chi connectivity index (χ1v) is 8.00. The molecule has 1 unspecified atom stereocenters. The van der Waals surface area contributed by atoms with Crippen molar-refractivity contribution in [2.45, 2.75) is 31.2 Å². The van der Waals surface area contributed by atoms with E-state index in [4.69, 9.17) is 0 Å². The Morgan fingerprint density at radius 3 is 2.45 bits per heavy atom. The summed E-state index contributed by atoms with van der Waals surface area (Å²) in [6.07, 6.45) is 2.21. The molecule has 20 heavy (non-hydrogen) atoms. The topological polar surface area (TPSA) is 64.0 Å². The number of sulfonamides is 1.